The van der Waals surface area contributed by atoms with Gasteiger partial charge in [0.05, 0.1) is 5.02 Å². The van der Waals surface area contributed by atoms with Crippen molar-refractivity contribution in [2.75, 3.05) is 11.1 Å². The number of unbranched alkanes of at least 4 members (excludes halogenated alkanes) is 2. The molecule has 0 aliphatic carbocycles. The molecule has 0 fully saturated rings. The van der Waals surface area contributed by atoms with Gasteiger partial charge in [0.1, 0.15) is 0 Å². The van der Waals surface area contributed by atoms with Crippen molar-refractivity contribution in [3.8, 4) is 0 Å². The molecule has 1 heterocycles. The third-order valence-corrected chi connectivity index (χ3v) is 4.48. The maximum atomic E-state index is 11.3. The summed E-state index contributed by atoms with van der Waals surface area (Å²) in [4.78, 5) is 12.3. The van der Waals surface area contributed by atoms with Crippen molar-refractivity contribution in [1.82, 2.24) is 0 Å². The van der Waals surface area contributed by atoms with Crippen molar-refractivity contribution < 1.29 is 9.90 Å². The van der Waals surface area contributed by atoms with E-state index in [2.05, 4.69) is 12.2 Å². The number of amides is 1. The molecule has 0 saturated carbocycles. The number of aliphatic hydroxyl groups is 1. The molecule has 1 aliphatic rings. The van der Waals surface area contributed by atoms with Crippen LogP contribution in [0.3, 0.4) is 0 Å². The number of carbonyl (C=O) groups excluding carboxylic acids is 1. The average molecular weight is 286 g/mol. The second-order valence-electron chi connectivity index (χ2n) is 4.32. The Bertz CT molecular complexity index is 465. The summed E-state index contributed by atoms with van der Waals surface area (Å²) in [6, 6.07) is 3.53. The van der Waals surface area contributed by atoms with Crippen molar-refractivity contribution in [3.05, 3.63) is 22.7 Å². The normalized spacial score (nSPS) is 17.7. The van der Waals surface area contributed by atoms with Crippen molar-refractivity contribution in [3.63, 3.8) is 0 Å². The molecule has 0 spiro atoms. The number of benzene rings is 1. The Morgan fingerprint density at radius 3 is 2.94 bits per heavy atom. The molecule has 98 valence electrons. The highest BCUT2D eigenvalue weighted by Crippen LogP contribution is 2.38. The Morgan fingerprint density at radius 1 is 1.44 bits per heavy atom. The molecule has 0 saturated heterocycles. The minimum atomic E-state index is -1.09. The van der Waals surface area contributed by atoms with E-state index < -0.39 is 6.10 Å². The van der Waals surface area contributed by atoms with Gasteiger partial charge in [-0.3, -0.25) is 4.79 Å². The molecule has 1 unspecified atom stereocenters. The molecule has 2 N–H and O–H groups in total. The number of fused-ring (bicyclic) bond motifs is 1. The predicted octanol–water partition coefficient (Wildman–Crippen LogP) is 3.61. The van der Waals surface area contributed by atoms with E-state index in [-0.39, 0.29) is 5.91 Å². The molecule has 0 radical (unpaired) electrons. The number of carbonyl (C=O) groups is 1. The van der Waals surface area contributed by atoms with Crippen LogP contribution in [-0.2, 0) is 4.79 Å². The van der Waals surface area contributed by atoms with Crippen LogP contribution in [0.25, 0.3) is 0 Å². The molecule has 1 aromatic carbocycles. The molecule has 1 atom stereocenters. The van der Waals surface area contributed by atoms with Crippen LogP contribution in [0, 0.1) is 0 Å². The van der Waals surface area contributed by atoms with Gasteiger partial charge in [-0.2, -0.15) is 0 Å². The fraction of sp³-hybridized carbons (Fsp3) is 0.462. The Hall–Kier alpha value is -0.710. The third kappa shape index (κ3) is 2.82. The molecular formula is C13H16ClNO2S. The standard InChI is InChI=1S/C13H16ClNO2S/c1-2-3-4-5-18-11-7-10-8(6-9(11)14)12(16)13(17)15-10/h6-7,12,16H,2-5H2,1H3,(H,15,17). The summed E-state index contributed by atoms with van der Waals surface area (Å²) < 4.78 is 0. The Labute approximate surface area is 116 Å². The Balaban J connectivity index is 2.10. The lowest BCUT2D eigenvalue weighted by atomic mass is 10.1. The van der Waals surface area contributed by atoms with E-state index in [1.807, 2.05) is 6.07 Å². The molecule has 0 bridgehead atoms. The predicted molar refractivity (Wildman–Crippen MR) is 75.3 cm³/mol. The van der Waals surface area contributed by atoms with E-state index >= 15 is 0 Å². The molecule has 3 nitrogen and oxygen atoms in total. The van der Waals surface area contributed by atoms with Crippen LogP contribution in [0.15, 0.2) is 17.0 Å². The SMILES string of the molecule is CCCCCSc1cc2c(cc1Cl)C(O)C(=O)N2. The van der Waals surface area contributed by atoms with Crippen LogP contribution in [0.2, 0.25) is 5.02 Å². The zero-order valence-corrected chi connectivity index (χ0v) is 11.8. The van der Waals surface area contributed by atoms with Gasteiger partial charge in [-0.15, -0.1) is 11.8 Å². The molecule has 1 amide bonds. The van der Waals surface area contributed by atoms with Gasteiger partial charge < -0.3 is 10.4 Å². The molecule has 0 aromatic heterocycles. The largest absolute Gasteiger partial charge is 0.378 e. The lowest BCUT2D eigenvalue weighted by molar-refractivity contribution is -0.123. The van der Waals surface area contributed by atoms with Gasteiger partial charge in [0, 0.05) is 16.1 Å². The topological polar surface area (TPSA) is 49.3 Å². The summed E-state index contributed by atoms with van der Waals surface area (Å²) in [6.07, 6.45) is 2.48. The van der Waals surface area contributed by atoms with Crippen molar-refractivity contribution in [2.45, 2.75) is 37.2 Å². The van der Waals surface area contributed by atoms with E-state index in [1.165, 1.54) is 12.8 Å². The molecule has 18 heavy (non-hydrogen) atoms. The summed E-state index contributed by atoms with van der Waals surface area (Å²) in [7, 11) is 0. The average Bonchev–Trinajstić information content (AvgIpc) is 2.61. The van der Waals surface area contributed by atoms with Gasteiger partial charge in [0.2, 0.25) is 0 Å². The smallest absolute Gasteiger partial charge is 0.257 e. The first-order chi connectivity index (χ1) is 8.63. The number of halogens is 1. The highest BCUT2D eigenvalue weighted by Gasteiger charge is 2.29. The van der Waals surface area contributed by atoms with Crippen molar-refractivity contribution in [1.29, 1.82) is 0 Å². The second-order valence-corrected chi connectivity index (χ2v) is 5.86. The van der Waals surface area contributed by atoms with Gasteiger partial charge in [0.15, 0.2) is 6.10 Å². The van der Waals surface area contributed by atoms with Crippen LogP contribution in [-0.4, -0.2) is 16.8 Å². The monoisotopic (exact) mass is 285 g/mol. The van der Waals surface area contributed by atoms with Crippen LogP contribution < -0.4 is 5.32 Å². The summed E-state index contributed by atoms with van der Waals surface area (Å²) in [5, 5.41) is 12.9. The molecule has 5 heteroatoms. The lowest BCUT2D eigenvalue weighted by Gasteiger charge is -2.07. The van der Waals surface area contributed by atoms with E-state index in [1.54, 1.807) is 17.8 Å². The van der Waals surface area contributed by atoms with Gasteiger partial charge in [0.25, 0.3) is 5.91 Å². The molecular weight excluding hydrogens is 270 g/mol. The third-order valence-electron chi connectivity index (χ3n) is 2.91. The summed E-state index contributed by atoms with van der Waals surface area (Å²) in [5.74, 6) is 0.636. The van der Waals surface area contributed by atoms with E-state index in [0.29, 0.717) is 16.3 Å². The fourth-order valence-corrected chi connectivity index (χ4v) is 3.19. The second kappa shape index (κ2) is 5.95. The summed E-state index contributed by atoms with van der Waals surface area (Å²) >= 11 is 7.85. The van der Waals surface area contributed by atoms with Crippen LogP contribution in [0.5, 0.6) is 0 Å². The number of hydrogen-bond donors (Lipinski definition) is 2. The maximum absolute atomic E-state index is 11.3. The number of aliphatic hydroxyl groups excluding tert-OH is 1. The Morgan fingerprint density at radius 2 is 2.22 bits per heavy atom. The van der Waals surface area contributed by atoms with Crippen LogP contribution in [0.1, 0.15) is 37.9 Å². The van der Waals surface area contributed by atoms with Gasteiger partial charge in [-0.05, 0) is 24.3 Å². The highest BCUT2D eigenvalue weighted by molar-refractivity contribution is 7.99. The molecule has 2 rings (SSSR count). The van der Waals surface area contributed by atoms with Crippen molar-refractivity contribution >= 4 is 35.0 Å². The van der Waals surface area contributed by atoms with Gasteiger partial charge in [-0.1, -0.05) is 31.4 Å². The van der Waals surface area contributed by atoms with Gasteiger partial charge >= 0.3 is 0 Å². The number of rotatable bonds is 5. The molecule has 1 aromatic rings. The number of hydrogen-bond acceptors (Lipinski definition) is 3. The van der Waals surface area contributed by atoms with E-state index in [0.717, 1.165) is 17.1 Å². The van der Waals surface area contributed by atoms with Crippen molar-refractivity contribution in [2.24, 2.45) is 0 Å². The molecule has 1 aliphatic heterocycles. The highest BCUT2D eigenvalue weighted by atomic mass is 35.5. The van der Waals surface area contributed by atoms with Crippen LogP contribution in [0.4, 0.5) is 5.69 Å². The first kappa shape index (κ1) is 13.7. The number of nitrogens with one attached hydrogen (secondary N) is 1. The minimum absolute atomic E-state index is 0.380. The first-order valence-corrected chi connectivity index (χ1v) is 7.45. The zero-order chi connectivity index (χ0) is 13.1. The lowest BCUT2D eigenvalue weighted by Crippen LogP contribution is -2.10. The Kier molecular flexibility index (Phi) is 4.54. The quantitative estimate of drug-likeness (QED) is 0.642. The van der Waals surface area contributed by atoms with Crippen LogP contribution >= 0.6 is 23.4 Å². The first-order valence-electron chi connectivity index (χ1n) is 6.08. The zero-order valence-electron chi connectivity index (χ0n) is 10.2. The van der Waals surface area contributed by atoms with Gasteiger partial charge in [-0.25, -0.2) is 0 Å². The summed E-state index contributed by atoms with van der Waals surface area (Å²) in [5.41, 5.74) is 1.25. The number of thioether (sulfide) groups is 1. The number of anilines is 1. The van der Waals surface area contributed by atoms with E-state index in [9.17, 15) is 9.90 Å². The van der Waals surface area contributed by atoms with E-state index in [4.69, 9.17) is 11.6 Å². The summed E-state index contributed by atoms with van der Waals surface area (Å²) in [6.45, 7) is 2.17. The fourth-order valence-electron chi connectivity index (χ4n) is 1.89. The maximum Gasteiger partial charge on any atom is 0.257 e. The minimum Gasteiger partial charge on any atom is -0.378 e.